The van der Waals surface area contributed by atoms with E-state index in [-0.39, 0.29) is 11.1 Å². The third kappa shape index (κ3) is 10.4. The number of ether oxygens (including phenoxy) is 2. The molecule has 0 saturated heterocycles. The van der Waals surface area contributed by atoms with Crippen molar-refractivity contribution in [2.24, 2.45) is 0 Å². The summed E-state index contributed by atoms with van der Waals surface area (Å²) in [4.78, 5) is 41.7. The molecule has 0 heterocycles. The lowest BCUT2D eigenvalue weighted by Crippen LogP contribution is -2.09. The lowest BCUT2D eigenvalue weighted by atomic mass is 10.4. The van der Waals surface area contributed by atoms with Gasteiger partial charge < -0.3 is 9.47 Å². The van der Waals surface area contributed by atoms with Gasteiger partial charge in [-0.1, -0.05) is 26.3 Å². The van der Waals surface area contributed by atoms with Gasteiger partial charge in [-0.15, -0.1) is 0 Å². The van der Waals surface area contributed by atoms with Gasteiger partial charge in [-0.2, -0.15) is 0 Å². The number of rotatable bonds is 4. The minimum absolute atomic E-state index is 0.190. The molecule has 0 fully saturated rings. The molecule has 0 saturated carbocycles. The first kappa shape index (κ1) is 19.6. The lowest BCUT2D eigenvalue weighted by Gasteiger charge is -1.95. The molecule has 0 aromatic heterocycles. The van der Waals surface area contributed by atoms with Gasteiger partial charge in [-0.25, -0.2) is 19.2 Å². The fourth-order valence-electron chi connectivity index (χ4n) is 0.440. The zero-order valence-corrected chi connectivity index (χ0v) is 11.4. The average Bonchev–Trinajstić information content (AvgIpc) is 2.38. The van der Waals surface area contributed by atoms with E-state index < -0.39 is 23.9 Å². The molecule has 0 bridgehead atoms. The number of hydrogen-bond acceptors (Lipinski definition) is 6. The van der Waals surface area contributed by atoms with Crippen LogP contribution in [0.25, 0.3) is 0 Å². The molecule has 0 aliphatic heterocycles. The lowest BCUT2D eigenvalue weighted by molar-refractivity contribution is -0.154. The smallest absolute Gasteiger partial charge is 0.340 e. The fraction of sp³-hybridized carbons (Fsp3) is 0.143. The summed E-state index contributed by atoms with van der Waals surface area (Å²) in [5.41, 5.74) is 0.380. The van der Waals surface area contributed by atoms with Crippen molar-refractivity contribution in [2.45, 2.75) is 13.8 Å². The van der Waals surface area contributed by atoms with Gasteiger partial charge in [0.15, 0.2) is 0 Å². The van der Waals surface area contributed by atoms with E-state index in [0.29, 0.717) is 0 Å². The zero-order chi connectivity index (χ0) is 16.3. The number of carbonyl (C=O) groups excluding carboxylic acids is 4. The van der Waals surface area contributed by atoms with Crippen LogP contribution < -0.4 is 0 Å². The zero-order valence-electron chi connectivity index (χ0n) is 11.4. The molecule has 0 aromatic rings. The van der Waals surface area contributed by atoms with Crippen molar-refractivity contribution < 1.29 is 28.7 Å². The molecule has 20 heavy (non-hydrogen) atoms. The standard InChI is InChI=1S/2C7H8O3/c2*1-4-6(8)10-7(9)5(2)3/h2*4H,1-2H2,3H3. The van der Waals surface area contributed by atoms with Crippen molar-refractivity contribution in [2.75, 3.05) is 0 Å². The van der Waals surface area contributed by atoms with Crippen LogP contribution in [0.3, 0.4) is 0 Å². The second kappa shape index (κ2) is 10.2. The van der Waals surface area contributed by atoms with Crippen LogP contribution in [0, 0.1) is 0 Å². The molecule has 0 N–H and O–H groups in total. The predicted molar refractivity (Wildman–Crippen MR) is 72.2 cm³/mol. The van der Waals surface area contributed by atoms with Crippen LogP contribution in [0.5, 0.6) is 0 Å². The third-order valence-electron chi connectivity index (χ3n) is 1.42. The molecule has 0 spiro atoms. The van der Waals surface area contributed by atoms with Gasteiger partial charge in [0.25, 0.3) is 0 Å². The molecule has 6 heteroatoms. The van der Waals surface area contributed by atoms with Crippen molar-refractivity contribution in [1.29, 1.82) is 0 Å². The molecule has 0 aliphatic carbocycles. The molecule has 0 aliphatic rings. The largest absolute Gasteiger partial charge is 0.386 e. The SMILES string of the molecule is C=CC(=O)OC(=O)C(=C)C.C=CC(=O)OC(=O)C(=C)C. The monoisotopic (exact) mass is 280 g/mol. The van der Waals surface area contributed by atoms with Crippen molar-refractivity contribution in [3.63, 3.8) is 0 Å². The molecular formula is C14H16O6. The van der Waals surface area contributed by atoms with Gasteiger partial charge in [0.2, 0.25) is 0 Å². The Labute approximate surface area is 117 Å². The van der Waals surface area contributed by atoms with E-state index in [1.54, 1.807) is 0 Å². The van der Waals surface area contributed by atoms with Crippen LogP contribution in [0.4, 0.5) is 0 Å². The first-order chi connectivity index (χ1) is 9.15. The average molecular weight is 280 g/mol. The first-order valence-electron chi connectivity index (χ1n) is 5.23. The molecule has 0 amide bonds. The van der Waals surface area contributed by atoms with E-state index in [1.165, 1.54) is 13.8 Å². The Kier molecular flexibility index (Phi) is 9.97. The van der Waals surface area contributed by atoms with Crippen LogP contribution in [0.15, 0.2) is 49.6 Å². The Morgan fingerprint density at radius 2 is 1.00 bits per heavy atom. The highest BCUT2D eigenvalue weighted by molar-refractivity contribution is 5.99. The molecule has 0 rings (SSSR count). The molecule has 0 aromatic carbocycles. The summed E-state index contributed by atoms with van der Waals surface area (Å²) in [6, 6.07) is 0. The predicted octanol–water partition coefficient (Wildman–Crippen LogP) is 1.64. The molecule has 0 radical (unpaired) electrons. The Balaban J connectivity index is 0. The Hall–Kier alpha value is -2.76. The summed E-state index contributed by atoms with van der Waals surface area (Å²) < 4.78 is 8.33. The Morgan fingerprint density at radius 1 is 0.750 bits per heavy atom. The van der Waals surface area contributed by atoms with Gasteiger partial charge in [-0.3, -0.25) is 0 Å². The highest BCUT2D eigenvalue weighted by Crippen LogP contribution is 1.92. The van der Waals surface area contributed by atoms with Crippen molar-refractivity contribution in [1.82, 2.24) is 0 Å². The van der Waals surface area contributed by atoms with Gasteiger partial charge in [0.1, 0.15) is 0 Å². The highest BCUT2D eigenvalue weighted by Gasteiger charge is 2.06. The first-order valence-corrected chi connectivity index (χ1v) is 5.23. The van der Waals surface area contributed by atoms with Crippen LogP contribution in [-0.2, 0) is 28.7 Å². The number of esters is 4. The summed E-state index contributed by atoms with van der Waals surface area (Å²) >= 11 is 0. The number of carbonyl (C=O) groups is 4. The summed E-state index contributed by atoms with van der Waals surface area (Å²) in [5, 5.41) is 0. The molecule has 0 atom stereocenters. The topological polar surface area (TPSA) is 86.7 Å². The number of hydrogen-bond donors (Lipinski definition) is 0. The fourth-order valence-corrected chi connectivity index (χ4v) is 0.440. The second-order valence-electron chi connectivity index (χ2n) is 3.39. The maximum Gasteiger partial charge on any atom is 0.340 e. The van der Waals surface area contributed by atoms with E-state index in [0.717, 1.165) is 12.2 Å². The van der Waals surface area contributed by atoms with Gasteiger partial charge in [0.05, 0.1) is 0 Å². The van der Waals surface area contributed by atoms with Crippen molar-refractivity contribution in [3.8, 4) is 0 Å². The van der Waals surface area contributed by atoms with Crippen molar-refractivity contribution >= 4 is 23.9 Å². The summed E-state index contributed by atoms with van der Waals surface area (Å²) in [6.07, 6.45) is 1.84. The highest BCUT2D eigenvalue weighted by atomic mass is 16.6. The quantitative estimate of drug-likeness (QED) is 0.442. The minimum Gasteiger partial charge on any atom is -0.386 e. The van der Waals surface area contributed by atoms with Crippen LogP contribution in [0.1, 0.15) is 13.8 Å². The maximum absolute atomic E-state index is 10.5. The molecule has 0 unspecified atom stereocenters. The van der Waals surface area contributed by atoms with E-state index >= 15 is 0 Å². The van der Waals surface area contributed by atoms with E-state index in [9.17, 15) is 19.2 Å². The van der Waals surface area contributed by atoms with Crippen LogP contribution >= 0.6 is 0 Å². The van der Waals surface area contributed by atoms with E-state index in [2.05, 4.69) is 35.8 Å². The molecule has 6 nitrogen and oxygen atoms in total. The molecular weight excluding hydrogens is 264 g/mol. The maximum atomic E-state index is 10.5. The Morgan fingerprint density at radius 3 is 1.15 bits per heavy atom. The molecule has 108 valence electrons. The summed E-state index contributed by atoms with van der Waals surface area (Å²) in [7, 11) is 0. The van der Waals surface area contributed by atoms with Crippen molar-refractivity contribution in [3.05, 3.63) is 49.6 Å². The summed E-state index contributed by atoms with van der Waals surface area (Å²) in [6.45, 7) is 15.7. The van der Waals surface area contributed by atoms with E-state index in [4.69, 9.17) is 0 Å². The van der Waals surface area contributed by atoms with Gasteiger partial charge in [0, 0.05) is 23.3 Å². The third-order valence-corrected chi connectivity index (χ3v) is 1.42. The van der Waals surface area contributed by atoms with Gasteiger partial charge in [-0.05, 0) is 13.8 Å². The second-order valence-corrected chi connectivity index (χ2v) is 3.39. The minimum atomic E-state index is -0.756. The van der Waals surface area contributed by atoms with E-state index in [1.807, 2.05) is 0 Å². The normalized spacial score (nSPS) is 8.10. The Bertz CT molecular complexity index is 426. The van der Waals surface area contributed by atoms with Gasteiger partial charge >= 0.3 is 23.9 Å². The van der Waals surface area contributed by atoms with Crippen LogP contribution in [-0.4, -0.2) is 23.9 Å². The summed E-state index contributed by atoms with van der Waals surface area (Å²) in [5.74, 6) is -2.95. The van der Waals surface area contributed by atoms with Crippen LogP contribution in [0.2, 0.25) is 0 Å².